The summed E-state index contributed by atoms with van der Waals surface area (Å²) in [4.78, 5) is 19.6. The van der Waals surface area contributed by atoms with E-state index in [1.54, 1.807) is 0 Å². The Bertz CT molecular complexity index is 1550. The zero-order valence-electron chi connectivity index (χ0n) is 21.4. The van der Waals surface area contributed by atoms with E-state index in [1.165, 1.54) is 5.56 Å². The van der Waals surface area contributed by atoms with E-state index in [1.807, 2.05) is 24.5 Å². The zero-order chi connectivity index (χ0) is 25.3. The average Bonchev–Trinajstić information content (AvgIpc) is 3.42. The summed E-state index contributed by atoms with van der Waals surface area (Å²) in [5.74, 6) is 1.68. The normalized spacial score (nSPS) is 17.4. The van der Waals surface area contributed by atoms with Gasteiger partial charge in [-0.25, -0.2) is 14.6 Å². The first-order chi connectivity index (χ1) is 18.8. The Kier molecular flexibility index (Phi) is 6.19. The maximum absolute atomic E-state index is 5.63. The van der Waals surface area contributed by atoms with Crippen LogP contribution in [0.5, 0.6) is 0 Å². The van der Waals surface area contributed by atoms with Crippen LogP contribution in [0, 0.1) is 0 Å². The van der Waals surface area contributed by atoms with Crippen LogP contribution < -0.4 is 4.90 Å². The van der Waals surface area contributed by atoms with Crippen LogP contribution in [-0.4, -0.2) is 69.0 Å². The second kappa shape index (κ2) is 10.1. The molecule has 5 aromatic rings. The van der Waals surface area contributed by atoms with Crippen LogP contribution in [0.1, 0.15) is 24.4 Å². The van der Waals surface area contributed by atoms with Gasteiger partial charge in [-0.15, -0.1) is 0 Å². The molecule has 7 rings (SSSR count). The lowest BCUT2D eigenvalue weighted by Crippen LogP contribution is -2.37. The van der Waals surface area contributed by atoms with Crippen molar-refractivity contribution in [2.45, 2.75) is 25.4 Å². The minimum atomic E-state index is 0.320. The fourth-order valence-electron chi connectivity index (χ4n) is 5.70. The Morgan fingerprint density at radius 1 is 0.868 bits per heavy atom. The lowest BCUT2D eigenvalue weighted by atomic mass is 10.0. The fourth-order valence-corrected chi connectivity index (χ4v) is 5.70. The number of anilines is 1. The summed E-state index contributed by atoms with van der Waals surface area (Å²) in [6.07, 6.45) is 5.89. The van der Waals surface area contributed by atoms with E-state index in [9.17, 15) is 0 Å². The molecule has 0 atom stereocenters. The topological polar surface area (TPSA) is 72.2 Å². The Labute approximate surface area is 221 Å². The van der Waals surface area contributed by atoms with Crippen molar-refractivity contribution in [2.75, 3.05) is 44.3 Å². The van der Waals surface area contributed by atoms with Gasteiger partial charge in [0.15, 0.2) is 11.5 Å². The molecule has 2 aromatic carbocycles. The van der Waals surface area contributed by atoms with Gasteiger partial charge in [0.25, 0.3) is 0 Å². The first kappa shape index (κ1) is 23.3. The summed E-state index contributed by atoms with van der Waals surface area (Å²) in [5, 5.41) is 7.00. The van der Waals surface area contributed by atoms with Gasteiger partial charge in [-0.2, -0.15) is 5.10 Å². The van der Waals surface area contributed by atoms with Crippen molar-refractivity contribution in [2.24, 2.45) is 0 Å². The summed E-state index contributed by atoms with van der Waals surface area (Å²) in [6, 6.07) is 21.4. The molecule has 3 aromatic heterocycles. The Hall–Kier alpha value is -3.88. The molecule has 0 spiro atoms. The molecule has 8 nitrogen and oxygen atoms in total. The molecule has 192 valence electrons. The number of likely N-dealkylation sites (tertiary alicyclic amines) is 1. The summed E-state index contributed by atoms with van der Waals surface area (Å²) >= 11 is 0. The number of pyridine rings is 1. The van der Waals surface area contributed by atoms with Crippen molar-refractivity contribution in [3.05, 3.63) is 78.6 Å². The van der Waals surface area contributed by atoms with Crippen LogP contribution in [-0.2, 0) is 11.3 Å². The monoisotopic (exact) mass is 505 g/mol. The van der Waals surface area contributed by atoms with Crippen molar-refractivity contribution in [1.29, 1.82) is 0 Å². The Morgan fingerprint density at radius 2 is 1.71 bits per heavy atom. The number of hydrogen-bond donors (Lipinski definition) is 0. The van der Waals surface area contributed by atoms with Crippen molar-refractivity contribution in [1.82, 2.24) is 29.6 Å². The Balaban J connectivity index is 1.23. The highest BCUT2D eigenvalue weighted by molar-refractivity contribution is 5.90. The summed E-state index contributed by atoms with van der Waals surface area (Å²) < 4.78 is 7.79. The number of aromatic nitrogens is 5. The predicted molar refractivity (Wildman–Crippen MR) is 149 cm³/mol. The summed E-state index contributed by atoms with van der Waals surface area (Å²) in [7, 11) is 0. The number of morpholine rings is 1. The number of piperidine rings is 1. The van der Waals surface area contributed by atoms with E-state index in [-0.39, 0.29) is 0 Å². The van der Waals surface area contributed by atoms with Gasteiger partial charge in [0.05, 0.1) is 36.4 Å². The third kappa shape index (κ3) is 4.50. The molecule has 38 heavy (non-hydrogen) atoms. The van der Waals surface area contributed by atoms with Crippen molar-refractivity contribution in [3.8, 4) is 11.4 Å². The number of ether oxygens (including phenoxy) is 1. The van der Waals surface area contributed by atoms with Gasteiger partial charge in [-0.3, -0.25) is 9.88 Å². The lowest BCUT2D eigenvalue weighted by Gasteiger charge is -2.32. The molecule has 0 radical (unpaired) electrons. The van der Waals surface area contributed by atoms with Gasteiger partial charge >= 0.3 is 0 Å². The molecule has 0 saturated carbocycles. The van der Waals surface area contributed by atoms with E-state index in [4.69, 9.17) is 19.8 Å². The first-order valence-corrected chi connectivity index (χ1v) is 13.5. The fraction of sp³-hybridized carbons (Fsp3) is 0.333. The van der Waals surface area contributed by atoms with Gasteiger partial charge in [0.2, 0.25) is 0 Å². The van der Waals surface area contributed by atoms with Crippen LogP contribution in [0.15, 0.2) is 73.1 Å². The van der Waals surface area contributed by atoms with E-state index in [0.717, 1.165) is 84.7 Å². The Morgan fingerprint density at radius 3 is 2.55 bits per heavy atom. The third-order valence-corrected chi connectivity index (χ3v) is 7.76. The first-order valence-electron chi connectivity index (χ1n) is 13.5. The molecule has 2 aliphatic heterocycles. The largest absolute Gasteiger partial charge is 0.378 e. The molecule has 8 heteroatoms. The predicted octanol–water partition coefficient (Wildman–Crippen LogP) is 4.72. The maximum atomic E-state index is 5.63. The molecule has 0 bridgehead atoms. The van der Waals surface area contributed by atoms with Crippen LogP contribution in [0.25, 0.3) is 33.3 Å². The molecule has 5 heterocycles. The molecule has 2 aliphatic rings. The van der Waals surface area contributed by atoms with Crippen molar-refractivity contribution in [3.63, 3.8) is 0 Å². The zero-order valence-corrected chi connectivity index (χ0v) is 21.4. The molecular weight excluding hydrogens is 474 g/mol. The van der Waals surface area contributed by atoms with E-state index >= 15 is 0 Å². The van der Waals surface area contributed by atoms with Gasteiger partial charge < -0.3 is 9.64 Å². The minimum absolute atomic E-state index is 0.320. The van der Waals surface area contributed by atoms with Crippen LogP contribution in [0.3, 0.4) is 0 Å². The summed E-state index contributed by atoms with van der Waals surface area (Å²) in [5.41, 5.74) is 4.25. The number of hydrogen-bond acceptors (Lipinski definition) is 7. The second-order valence-electron chi connectivity index (χ2n) is 10.2. The third-order valence-electron chi connectivity index (χ3n) is 7.76. The average molecular weight is 506 g/mol. The molecule has 2 saturated heterocycles. The number of fused-ring (bicyclic) bond motifs is 2. The number of rotatable bonds is 5. The summed E-state index contributed by atoms with van der Waals surface area (Å²) in [6.45, 7) is 6.14. The standard InChI is InChI=1S/C30H31N7O/c1-2-5-22(6-3-1)21-35-13-10-25(11-14-35)37-30-26(20-32-37)29(36-15-17-38-18-16-36)33-28(34-30)24-8-9-27-23(19-24)7-4-12-31-27/h1-9,12,19-20,25H,10-11,13-18,21H2. The molecule has 0 amide bonds. The quantitative estimate of drug-likeness (QED) is 0.342. The van der Waals surface area contributed by atoms with Crippen molar-refractivity contribution >= 4 is 27.8 Å². The highest BCUT2D eigenvalue weighted by atomic mass is 16.5. The minimum Gasteiger partial charge on any atom is -0.378 e. The van der Waals surface area contributed by atoms with Gasteiger partial charge in [-0.05, 0) is 42.7 Å². The highest BCUT2D eigenvalue weighted by Crippen LogP contribution is 2.33. The SMILES string of the molecule is c1ccc(CN2CCC(n3ncc4c(N5CCOCC5)nc(-c5ccc6ncccc6c5)nc43)CC2)cc1. The molecule has 0 unspecified atom stereocenters. The van der Waals surface area contributed by atoms with Crippen LogP contribution in [0.4, 0.5) is 5.82 Å². The molecule has 0 aliphatic carbocycles. The highest BCUT2D eigenvalue weighted by Gasteiger charge is 2.26. The van der Waals surface area contributed by atoms with E-state index in [0.29, 0.717) is 19.3 Å². The van der Waals surface area contributed by atoms with Crippen molar-refractivity contribution < 1.29 is 4.74 Å². The van der Waals surface area contributed by atoms with Crippen LogP contribution in [0.2, 0.25) is 0 Å². The van der Waals surface area contributed by atoms with Gasteiger partial charge in [-0.1, -0.05) is 36.4 Å². The van der Waals surface area contributed by atoms with Gasteiger partial charge in [0, 0.05) is 49.9 Å². The second-order valence-corrected chi connectivity index (χ2v) is 10.2. The molecule has 0 N–H and O–H groups in total. The number of benzene rings is 2. The van der Waals surface area contributed by atoms with Gasteiger partial charge in [0.1, 0.15) is 5.82 Å². The number of nitrogens with zero attached hydrogens (tertiary/aromatic N) is 7. The maximum Gasteiger partial charge on any atom is 0.164 e. The van der Waals surface area contributed by atoms with Crippen LogP contribution >= 0.6 is 0 Å². The molecular formula is C30H31N7O. The van der Waals surface area contributed by atoms with E-state index in [2.05, 4.69) is 68.0 Å². The lowest BCUT2D eigenvalue weighted by molar-refractivity contribution is 0.122. The van der Waals surface area contributed by atoms with E-state index < -0.39 is 0 Å². The molecule has 2 fully saturated rings. The smallest absolute Gasteiger partial charge is 0.164 e.